The van der Waals surface area contributed by atoms with Gasteiger partial charge in [-0.15, -0.1) is 0 Å². The molecule has 1 spiro atoms. The summed E-state index contributed by atoms with van der Waals surface area (Å²) in [5, 5.41) is 22.8. The van der Waals surface area contributed by atoms with Gasteiger partial charge in [-0.1, -0.05) is 0 Å². The number of aliphatic hydroxyl groups is 2. The third-order valence-corrected chi connectivity index (χ3v) is 6.15. The number of aliphatic hydroxyl groups excluding tert-OH is 1. The second-order valence-electron chi connectivity index (χ2n) is 7.05. The van der Waals surface area contributed by atoms with Gasteiger partial charge in [0, 0.05) is 6.54 Å². The Bertz CT molecular complexity index is 747. The van der Waals surface area contributed by atoms with Gasteiger partial charge in [-0.2, -0.15) is 0 Å². The highest BCUT2D eigenvalue weighted by Crippen LogP contribution is 2.57. The normalized spacial score (nSPS) is 36.6. The molecule has 3 atom stereocenters. The zero-order chi connectivity index (χ0) is 16.5. The quantitative estimate of drug-likeness (QED) is 0.797. The maximum Gasteiger partial charge on any atom is 0.231 e. The second-order valence-corrected chi connectivity index (χ2v) is 7.05. The van der Waals surface area contributed by atoms with E-state index < -0.39 is 17.2 Å². The van der Waals surface area contributed by atoms with E-state index in [1.165, 1.54) is 0 Å². The van der Waals surface area contributed by atoms with Crippen LogP contribution in [0, 0.1) is 0 Å². The van der Waals surface area contributed by atoms with Crippen LogP contribution in [0.3, 0.4) is 0 Å². The minimum Gasteiger partial charge on any atom is -0.498 e. The average Bonchev–Trinajstić information content (AvgIpc) is 3.25. The van der Waals surface area contributed by atoms with Crippen LogP contribution in [0.4, 0.5) is 0 Å². The van der Waals surface area contributed by atoms with E-state index in [1.807, 2.05) is 18.2 Å². The predicted molar refractivity (Wildman–Crippen MR) is 84.8 cm³/mol. The molecular weight excluding hydrogens is 310 g/mol. The van der Waals surface area contributed by atoms with E-state index in [4.69, 9.17) is 14.2 Å². The molecule has 1 aromatic rings. The Morgan fingerprint density at radius 1 is 1.25 bits per heavy atom. The molecule has 6 nitrogen and oxygen atoms in total. The third kappa shape index (κ3) is 1.52. The lowest BCUT2D eigenvalue weighted by Crippen LogP contribution is -2.59. The molecule has 1 aromatic carbocycles. The fourth-order valence-electron chi connectivity index (χ4n) is 5.02. The Hall–Kier alpha value is -1.76. The highest BCUT2D eigenvalue weighted by molar-refractivity contribution is 5.55. The molecule has 6 heteroatoms. The van der Waals surface area contributed by atoms with Gasteiger partial charge in [-0.25, -0.2) is 0 Å². The number of hydrogen-bond donors (Lipinski definition) is 2. The fraction of sp³-hybridized carbons (Fsp3) is 0.556. The van der Waals surface area contributed by atoms with Crippen molar-refractivity contribution in [2.24, 2.45) is 0 Å². The van der Waals surface area contributed by atoms with Crippen molar-refractivity contribution in [3.05, 3.63) is 35.1 Å². The van der Waals surface area contributed by atoms with Crippen LogP contribution in [0.25, 0.3) is 0 Å². The van der Waals surface area contributed by atoms with Crippen molar-refractivity contribution in [3.8, 4) is 11.5 Å². The molecule has 0 radical (unpaired) electrons. The maximum atomic E-state index is 11.9. The van der Waals surface area contributed by atoms with Crippen molar-refractivity contribution in [2.45, 2.75) is 36.5 Å². The summed E-state index contributed by atoms with van der Waals surface area (Å²) >= 11 is 0. The van der Waals surface area contributed by atoms with Gasteiger partial charge in [0.25, 0.3) is 0 Å². The summed E-state index contributed by atoms with van der Waals surface area (Å²) in [7, 11) is 1.54. The molecule has 1 aliphatic carbocycles. The molecule has 128 valence electrons. The highest BCUT2D eigenvalue weighted by atomic mass is 16.7. The Balaban J connectivity index is 1.77. The number of hydrogen-bond acceptors (Lipinski definition) is 6. The van der Waals surface area contributed by atoms with E-state index in [-0.39, 0.29) is 6.79 Å². The van der Waals surface area contributed by atoms with Crippen molar-refractivity contribution in [1.29, 1.82) is 0 Å². The molecule has 24 heavy (non-hydrogen) atoms. The van der Waals surface area contributed by atoms with Crippen LogP contribution in [-0.2, 0) is 16.8 Å². The minimum atomic E-state index is -1.44. The lowest BCUT2D eigenvalue weighted by Gasteiger charge is -2.45. The molecule has 3 unspecified atom stereocenters. The van der Waals surface area contributed by atoms with Crippen LogP contribution in [-0.4, -0.2) is 53.7 Å². The Morgan fingerprint density at radius 3 is 2.83 bits per heavy atom. The SMILES string of the molecule is COC1=CC23CCCN2CCc2cc4c(cc2C3(O)C1O)OCO4. The molecule has 2 N–H and O–H groups in total. The van der Waals surface area contributed by atoms with Crippen LogP contribution in [0.15, 0.2) is 24.0 Å². The van der Waals surface area contributed by atoms with Gasteiger partial charge in [0.1, 0.15) is 17.5 Å². The first kappa shape index (κ1) is 14.6. The summed E-state index contributed by atoms with van der Waals surface area (Å²) in [6.45, 7) is 1.93. The highest BCUT2D eigenvalue weighted by Gasteiger charge is 2.66. The number of nitrogens with zero attached hydrogens (tertiary/aromatic N) is 1. The lowest BCUT2D eigenvalue weighted by molar-refractivity contribution is -0.132. The first-order valence-corrected chi connectivity index (χ1v) is 8.45. The summed E-state index contributed by atoms with van der Waals surface area (Å²) in [6.07, 6.45) is 3.42. The van der Waals surface area contributed by atoms with E-state index in [2.05, 4.69) is 4.90 Å². The Kier molecular flexibility index (Phi) is 2.83. The third-order valence-electron chi connectivity index (χ3n) is 6.15. The summed E-state index contributed by atoms with van der Waals surface area (Å²) in [6, 6.07) is 3.79. The summed E-state index contributed by atoms with van der Waals surface area (Å²) in [4.78, 5) is 2.29. The molecule has 0 saturated carbocycles. The first-order chi connectivity index (χ1) is 11.6. The van der Waals surface area contributed by atoms with Gasteiger partial charge in [-0.05, 0) is 55.1 Å². The minimum absolute atomic E-state index is 0.193. The molecule has 4 aliphatic rings. The van der Waals surface area contributed by atoms with Crippen molar-refractivity contribution >= 4 is 0 Å². The van der Waals surface area contributed by atoms with Crippen molar-refractivity contribution in [1.82, 2.24) is 4.90 Å². The van der Waals surface area contributed by atoms with Gasteiger partial charge in [0.05, 0.1) is 12.6 Å². The maximum absolute atomic E-state index is 11.9. The second kappa shape index (κ2) is 4.65. The van der Waals surface area contributed by atoms with Crippen LogP contribution >= 0.6 is 0 Å². The largest absolute Gasteiger partial charge is 0.498 e. The topological polar surface area (TPSA) is 71.4 Å². The lowest BCUT2D eigenvalue weighted by atomic mass is 9.73. The number of benzene rings is 1. The van der Waals surface area contributed by atoms with Crippen LogP contribution in [0.5, 0.6) is 11.5 Å². The standard InChI is InChI=1S/C18H21NO5/c1-22-15-9-17-4-2-5-19(17)6-3-11-7-13-14(24-10-23-13)8-12(11)18(17,21)16(15)20/h7-9,16,20-21H,2-6,10H2,1H3. The zero-order valence-electron chi connectivity index (χ0n) is 13.6. The first-order valence-electron chi connectivity index (χ1n) is 8.45. The van der Waals surface area contributed by atoms with E-state index in [9.17, 15) is 10.2 Å². The number of rotatable bonds is 1. The van der Waals surface area contributed by atoms with Gasteiger partial charge in [0.2, 0.25) is 6.79 Å². The van der Waals surface area contributed by atoms with E-state index >= 15 is 0 Å². The molecular formula is C18H21NO5. The van der Waals surface area contributed by atoms with Crippen LogP contribution in [0.2, 0.25) is 0 Å². The molecule has 1 saturated heterocycles. The van der Waals surface area contributed by atoms with Gasteiger partial charge >= 0.3 is 0 Å². The number of ether oxygens (including phenoxy) is 3. The molecule has 3 heterocycles. The molecule has 3 aliphatic heterocycles. The summed E-state index contributed by atoms with van der Waals surface area (Å²) in [5.74, 6) is 1.78. The Labute approximate surface area is 140 Å². The van der Waals surface area contributed by atoms with E-state index in [0.29, 0.717) is 17.3 Å². The van der Waals surface area contributed by atoms with Crippen molar-refractivity contribution < 1.29 is 24.4 Å². The summed E-state index contributed by atoms with van der Waals surface area (Å²) in [5.41, 5.74) is -0.342. The average molecular weight is 331 g/mol. The van der Waals surface area contributed by atoms with Crippen LogP contribution in [0.1, 0.15) is 24.0 Å². The Morgan fingerprint density at radius 2 is 2.04 bits per heavy atom. The monoisotopic (exact) mass is 331 g/mol. The van der Waals surface area contributed by atoms with Gasteiger partial charge < -0.3 is 24.4 Å². The van der Waals surface area contributed by atoms with E-state index in [0.717, 1.165) is 43.5 Å². The molecule has 0 bridgehead atoms. The molecule has 1 fully saturated rings. The molecule has 5 rings (SSSR count). The smallest absolute Gasteiger partial charge is 0.231 e. The predicted octanol–water partition coefficient (Wildman–Crippen LogP) is 0.898. The van der Waals surface area contributed by atoms with Crippen molar-refractivity contribution in [2.75, 3.05) is 27.0 Å². The van der Waals surface area contributed by atoms with Gasteiger partial charge in [0.15, 0.2) is 11.5 Å². The zero-order valence-corrected chi connectivity index (χ0v) is 13.6. The summed E-state index contributed by atoms with van der Waals surface area (Å²) < 4.78 is 16.4. The fourth-order valence-corrected chi connectivity index (χ4v) is 5.02. The number of methoxy groups -OCH3 is 1. The van der Waals surface area contributed by atoms with E-state index in [1.54, 1.807) is 7.11 Å². The van der Waals surface area contributed by atoms with Crippen LogP contribution < -0.4 is 9.47 Å². The number of fused-ring (bicyclic) bond motifs is 3. The molecule has 0 amide bonds. The van der Waals surface area contributed by atoms with Crippen molar-refractivity contribution in [3.63, 3.8) is 0 Å². The molecule has 0 aromatic heterocycles. The van der Waals surface area contributed by atoms with Gasteiger partial charge in [-0.3, -0.25) is 4.90 Å².